The van der Waals surface area contributed by atoms with Crippen molar-refractivity contribution in [2.75, 3.05) is 33.7 Å². The summed E-state index contributed by atoms with van der Waals surface area (Å²) in [5.74, 6) is 0.411. The molecule has 0 radical (unpaired) electrons. The molecule has 3 rings (SSSR count). The molecule has 0 saturated carbocycles. The fourth-order valence-electron chi connectivity index (χ4n) is 2.42. The second kappa shape index (κ2) is 13.3. The maximum absolute atomic E-state index is 12.9. The van der Waals surface area contributed by atoms with Gasteiger partial charge in [0.25, 0.3) is 5.91 Å². The van der Waals surface area contributed by atoms with Gasteiger partial charge in [-0.2, -0.15) is 0 Å². The maximum Gasteiger partial charge on any atom is 0.278 e. The van der Waals surface area contributed by atoms with Crippen molar-refractivity contribution in [3.8, 4) is 0 Å². The molecule has 1 aliphatic rings. The number of carbonyl (C=O) groups is 1. The molecule has 1 aliphatic heterocycles. The summed E-state index contributed by atoms with van der Waals surface area (Å²) in [6, 6.07) is 7.98. The van der Waals surface area contributed by atoms with Crippen LogP contribution in [0.2, 0.25) is 0 Å². The Morgan fingerprint density at radius 3 is 2.50 bits per heavy atom. The number of fused-ring (bicyclic) bond motifs is 1. The minimum atomic E-state index is -0.211. The van der Waals surface area contributed by atoms with Gasteiger partial charge in [0.2, 0.25) is 0 Å². The molecule has 1 amide bonds. The molecule has 2 N–H and O–H groups in total. The zero-order valence-electron chi connectivity index (χ0n) is 18.6. The number of benzene rings is 1. The predicted molar refractivity (Wildman–Crippen MR) is 124 cm³/mol. The van der Waals surface area contributed by atoms with Gasteiger partial charge in [0.05, 0.1) is 6.10 Å². The Hall–Kier alpha value is -2.07. The van der Waals surface area contributed by atoms with Crippen molar-refractivity contribution >= 4 is 40.1 Å². The average Bonchev–Trinajstić information content (AvgIpc) is 3.14. The number of aryl methyl sites for hydroxylation is 1. The van der Waals surface area contributed by atoms with E-state index in [4.69, 9.17) is 9.84 Å². The number of amides is 1. The van der Waals surface area contributed by atoms with Crippen molar-refractivity contribution in [2.45, 2.75) is 38.2 Å². The molecule has 7 nitrogen and oxygen atoms in total. The number of likely N-dealkylation sites (N-methyl/N-ethyl adjacent to an activating group) is 1. The van der Waals surface area contributed by atoms with E-state index in [1.165, 1.54) is 23.3 Å². The van der Waals surface area contributed by atoms with Gasteiger partial charge in [-0.15, -0.1) is 11.3 Å². The molecule has 9 heteroatoms. The van der Waals surface area contributed by atoms with E-state index in [1.54, 1.807) is 20.4 Å². The van der Waals surface area contributed by atoms with Crippen LogP contribution in [0.15, 0.2) is 41.1 Å². The summed E-state index contributed by atoms with van der Waals surface area (Å²) in [4.78, 5) is 19.3. The number of aliphatic hydroxyl groups is 1. The highest BCUT2D eigenvalue weighted by atomic mass is 32.2. The number of anilines is 1. The summed E-state index contributed by atoms with van der Waals surface area (Å²) in [6.45, 7) is 6.04. The van der Waals surface area contributed by atoms with Gasteiger partial charge in [-0.05, 0) is 44.3 Å². The number of carbonyl (C=O) groups excluding carboxylic acids is 1. The number of aromatic nitrogens is 1. The highest BCUT2D eigenvalue weighted by Gasteiger charge is 2.31. The van der Waals surface area contributed by atoms with Crippen molar-refractivity contribution in [1.82, 2.24) is 9.29 Å². The number of methoxy groups -OCH3 is 1. The minimum absolute atomic E-state index is 0.0180. The molecule has 2 heterocycles. The number of aliphatic hydroxyl groups excluding tert-OH is 1. The Balaban J connectivity index is 0.000000826. The van der Waals surface area contributed by atoms with E-state index in [9.17, 15) is 4.79 Å². The number of nitrogens with zero attached hydrogens (tertiary/aromatic N) is 2. The minimum Gasteiger partial charge on any atom is -0.488 e. The Labute approximate surface area is 187 Å². The van der Waals surface area contributed by atoms with Crippen LogP contribution >= 0.6 is 23.3 Å². The molecule has 0 bridgehead atoms. The number of thiazole rings is 1. The first-order chi connectivity index (χ1) is 14.4. The van der Waals surface area contributed by atoms with Gasteiger partial charge in [0.15, 0.2) is 16.6 Å². The Morgan fingerprint density at radius 1 is 1.30 bits per heavy atom. The van der Waals surface area contributed by atoms with E-state index in [1.807, 2.05) is 49.5 Å². The van der Waals surface area contributed by atoms with E-state index >= 15 is 0 Å². The second-order valence-electron chi connectivity index (χ2n) is 6.24. The summed E-state index contributed by atoms with van der Waals surface area (Å²) >= 11 is 2.97. The third-order valence-corrected chi connectivity index (χ3v) is 5.69. The van der Waals surface area contributed by atoms with Crippen molar-refractivity contribution in [3.05, 3.63) is 46.6 Å². The lowest BCUT2D eigenvalue weighted by atomic mass is 10.1. The van der Waals surface area contributed by atoms with Gasteiger partial charge in [-0.1, -0.05) is 19.1 Å². The number of hydrogen-bond donors (Lipinski definition) is 2. The quantitative estimate of drug-likeness (QED) is 0.649. The van der Waals surface area contributed by atoms with Gasteiger partial charge in [-0.25, -0.2) is 4.98 Å². The van der Waals surface area contributed by atoms with Gasteiger partial charge in [-0.3, -0.25) is 10.1 Å². The van der Waals surface area contributed by atoms with Crippen molar-refractivity contribution in [1.29, 1.82) is 0 Å². The summed E-state index contributed by atoms with van der Waals surface area (Å²) in [5.41, 5.74) is 1.46. The molecule has 0 fully saturated rings. The zero-order valence-corrected chi connectivity index (χ0v) is 20.2. The maximum atomic E-state index is 12.9. The Bertz CT molecular complexity index is 839. The van der Waals surface area contributed by atoms with Crippen molar-refractivity contribution in [2.24, 2.45) is 0 Å². The molecule has 1 aromatic carbocycles. The van der Waals surface area contributed by atoms with E-state index in [2.05, 4.69) is 22.0 Å². The van der Waals surface area contributed by atoms with Crippen LogP contribution in [-0.4, -0.2) is 54.8 Å². The lowest BCUT2D eigenvalue weighted by Crippen LogP contribution is -2.28. The summed E-state index contributed by atoms with van der Waals surface area (Å²) in [6.07, 6.45) is 2.63. The van der Waals surface area contributed by atoms with Crippen LogP contribution in [0.4, 0.5) is 5.13 Å². The third-order valence-electron chi connectivity index (χ3n) is 3.85. The molecule has 2 aromatic rings. The summed E-state index contributed by atoms with van der Waals surface area (Å²) in [7, 11) is 6.13. The molecule has 1 aromatic heterocycles. The first-order valence-electron chi connectivity index (χ1n) is 9.41. The monoisotopic (exact) mass is 453 g/mol. The van der Waals surface area contributed by atoms with Gasteiger partial charge >= 0.3 is 0 Å². The lowest BCUT2D eigenvalue weighted by Gasteiger charge is -2.30. The molecule has 30 heavy (non-hydrogen) atoms. The van der Waals surface area contributed by atoms with E-state index in [-0.39, 0.29) is 12.0 Å². The van der Waals surface area contributed by atoms with Crippen LogP contribution in [0, 0.1) is 6.92 Å². The molecule has 1 atom stereocenters. The van der Waals surface area contributed by atoms with Crippen LogP contribution in [0.1, 0.15) is 30.7 Å². The standard InChI is InChI=1S/C18H21N3O2S2.C2H6O.CH4O/c1-5-11(2)23-16-13-8-6-7-9-14(13)25-21(4)15(16)17(22)20-18-19-10-12(3)24-18;1-3-2;1-2/h6-11H,5H2,1-4H3,(H,19,20,22);1-2H3;2H,1H3. The molecule has 1 unspecified atom stereocenters. The first-order valence-corrected chi connectivity index (χ1v) is 11.0. The zero-order chi connectivity index (χ0) is 22.7. The van der Waals surface area contributed by atoms with E-state index in [0.717, 1.165) is 28.9 Å². The summed E-state index contributed by atoms with van der Waals surface area (Å²) in [5, 5.41) is 10.5. The van der Waals surface area contributed by atoms with Crippen LogP contribution in [0.5, 0.6) is 0 Å². The highest BCUT2D eigenvalue weighted by Crippen LogP contribution is 2.41. The Kier molecular flexibility index (Phi) is 11.5. The van der Waals surface area contributed by atoms with Crippen molar-refractivity contribution < 1.29 is 19.4 Å². The van der Waals surface area contributed by atoms with Gasteiger partial charge in [0, 0.05) is 49.9 Å². The SMILES string of the molecule is CCC(C)OC1=C(C(=O)Nc2ncc(C)s2)N(C)Sc2ccccc21.CO.COC. The molecule has 0 saturated heterocycles. The van der Waals surface area contributed by atoms with Crippen LogP contribution in [-0.2, 0) is 14.3 Å². The average molecular weight is 454 g/mol. The summed E-state index contributed by atoms with van der Waals surface area (Å²) < 4.78 is 12.3. The fraction of sp³-hybridized carbons (Fsp3) is 0.429. The van der Waals surface area contributed by atoms with Crippen LogP contribution < -0.4 is 5.32 Å². The number of hydrogen-bond acceptors (Lipinski definition) is 8. The van der Waals surface area contributed by atoms with E-state index < -0.39 is 0 Å². The van der Waals surface area contributed by atoms with E-state index in [0.29, 0.717) is 16.6 Å². The fourth-order valence-corrected chi connectivity index (χ4v) is 4.03. The highest BCUT2D eigenvalue weighted by molar-refractivity contribution is 7.97. The van der Waals surface area contributed by atoms with Crippen molar-refractivity contribution in [3.63, 3.8) is 0 Å². The number of nitrogens with one attached hydrogen (secondary N) is 1. The molecule has 0 spiro atoms. The molecular weight excluding hydrogens is 422 g/mol. The topological polar surface area (TPSA) is 83.9 Å². The smallest absolute Gasteiger partial charge is 0.278 e. The Morgan fingerprint density at radius 2 is 1.93 bits per heavy atom. The molecule has 166 valence electrons. The molecular formula is C21H31N3O4S2. The van der Waals surface area contributed by atoms with Crippen LogP contribution in [0.25, 0.3) is 5.76 Å². The second-order valence-corrected chi connectivity index (χ2v) is 8.64. The first kappa shape index (κ1) is 26.0. The normalized spacial score (nSPS) is 13.3. The molecule has 0 aliphatic carbocycles. The van der Waals surface area contributed by atoms with Gasteiger partial charge < -0.3 is 18.9 Å². The van der Waals surface area contributed by atoms with Crippen LogP contribution in [0.3, 0.4) is 0 Å². The lowest BCUT2D eigenvalue weighted by molar-refractivity contribution is -0.113. The predicted octanol–water partition coefficient (Wildman–Crippen LogP) is 4.40. The largest absolute Gasteiger partial charge is 0.488 e. The number of rotatable bonds is 5. The third kappa shape index (κ3) is 7.02. The van der Waals surface area contributed by atoms with Gasteiger partial charge in [0.1, 0.15) is 0 Å². The number of ether oxygens (including phenoxy) is 2.